The molecule has 5 nitrogen and oxygen atoms in total. The van der Waals surface area contributed by atoms with Gasteiger partial charge in [-0.15, -0.1) is 0 Å². The van der Waals surface area contributed by atoms with Crippen molar-refractivity contribution >= 4 is 22.7 Å². The molecule has 1 aromatic carbocycles. The Labute approximate surface area is 119 Å². The molecule has 1 aliphatic heterocycles. The van der Waals surface area contributed by atoms with E-state index in [4.69, 9.17) is 5.73 Å². The molecule has 3 N–H and O–H groups in total. The van der Waals surface area contributed by atoms with Crippen LogP contribution in [0.2, 0.25) is 0 Å². The van der Waals surface area contributed by atoms with Gasteiger partial charge in [-0.1, -0.05) is 12.1 Å². The second kappa shape index (κ2) is 5.63. The van der Waals surface area contributed by atoms with Gasteiger partial charge < -0.3 is 16.0 Å². The Hall–Kier alpha value is -1.88. The summed E-state index contributed by atoms with van der Waals surface area (Å²) in [6, 6.07) is 7.97. The lowest BCUT2D eigenvalue weighted by Gasteiger charge is -2.29. The number of nitrogen functional groups attached to an aromatic ring is 1. The van der Waals surface area contributed by atoms with Crippen LogP contribution >= 0.6 is 0 Å². The summed E-state index contributed by atoms with van der Waals surface area (Å²) in [5.41, 5.74) is 6.68. The molecule has 0 radical (unpaired) electrons. The molecule has 1 fully saturated rings. The molecule has 106 valence electrons. The minimum Gasteiger partial charge on any atom is -0.369 e. The maximum Gasteiger partial charge on any atom is 0.222 e. The fraction of sp³-hybridized carbons (Fsp3) is 0.467. The van der Waals surface area contributed by atoms with E-state index in [1.54, 1.807) is 0 Å². The summed E-state index contributed by atoms with van der Waals surface area (Å²) in [6.45, 7) is 3.31. The van der Waals surface area contributed by atoms with Gasteiger partial charge in [-0.25, -0.2) is 4.98 Å². The Morgan fingerprint density at radius 1 is 1.25 bits per heavy atom. The second-order valence-corrected chi connectivity index (χ2v) is 5.58. The van der Waals surface area contributed by atoms with Gasteiger partial charge in [0.05, 0.1) is 5.52 Å². The van der Waals surface area contributed by atoms with Crippen LogP contribution in [-0.4, -0.2) is 41.5 Å². The highest BCUT2D eigenvalue weighted by Gasteiger charge is 2.17. The lowest BCUT2D eigenvalue weighted by Crippen LogP contribution is -2.33. The third-order valence-corrected chi connectivity index (χ3v) is 4.02. The van der Waals surface area contributed by atoms with Gasteiger partial charge in [0.1, 0.15) is 5.82 Å². The Balaban J connectivity index is 1.74. The molecule has 1 aromatic heterocycles. The molecule has 2 aromatic rings. The normalized spacial score (nSPS) is 17.4. The van der Waals surface area contributed by atoms with Gasteiger partial charge in [0.25, 0.3) is 0 Å². The largest absolute Gasteiger partial charge is 0.369 e. The zero-order chi connectivity index (χ0) is 13.9. The van der Waals surface area contributed by atoms with E-state index in [9.17, 15) is 0 Å². The SMILES string of the molecule is CN1CCC(CNc2nc(N)nc3ccccc23)CC1. The van der Waals surface area contributed by atoms with Crippen molar-refractivity contribution in [1.82, 2.24) is 14.9 Å². The number of nitrogens with one attached hydrogen (secondary N) is 1. The molecule has 1 aliphatic rings. The number of likely N-dealkylation sites (tertiary alicyclic amines) is 1. The predicted octanol–water partition coefficient (Wildman–Crippen LogP) is 1.97. The summed E-state index contributed by atoms with van der Waals surface area (Å²) < 4.78 is 0. The maximum atomic E-state index is 5.78. The van der Waals surface area contributed by atoms with Gasteiger partial charge in [0.2, 0.25) is 5.95 Å². The molecular formula is C15H21N5. The van der Waals surface area contributed by atoms with Crippen LogP contribution in [0.5, 0.6) is 0 Å². The van der Waals surface area contributed by atoms with Gasteiger partial charge in [0.15, 0.2) is 0 Å². The number of hydrogen-bond donors (Lipinski definition) is 2. The first kappa shape index (κ1) is 13.1. The number of benzene rings is 1. The molecule has 1 saturated heterocycles. The lowest BCUT2D eigenvalue weighted by atomic mass is 9.97. The number of rotatable bonds is 3. The van der Waals surface area contributed by atoms with Crippen molar-refractivity contribution in [2.45, 2.75) is 12.8 Å². The van der Waals surface area contributed by atoms with Crippen molar-refractivity contribution in [1.29, 1.82) is 0 Å². The zero-order valence-corrected chi connectivity index (χ0v) is 11.8. The van der Waals surface area contributed by atoms with E-state index in [0.717, 1.165) is 23.3 Å². The molecule has 3 rings (SSSR count). The Morgan fingerprint density at radius 3 is 2.80 bits per heavy atom. The molecule has 0 atom stereocenters. The monoisotopic (exact) mass is 271 g/mol. The molecule has 0 amide bonds. The summed E-state index contributed by atoms with van der Waals surface area (Å²) >= 11 is 0. The zero-order valence-electron chi connectivity index (χ0n) is 11.8. The van der Waals surface area contributed by atoms with E-state index < -0.39 is 0 Å². The molecule has 0 spiro atoms. The van der Waals surface area contributed by atoms with Gasteiger partial charge >= 0.3 is 0 Å². The van der Waals surface area contributed by atoms with Crippen LogP contribution in [0.1, 0.15) is 12.8 Å². The minimum atomic E-state index is 0.328. The van der Waals surface area contributed by atoms with Crippen molar-refractivity contribution in [2.24, 2.45) is 5.92 Å². The first-order valence-electron chi connectivity index (χ1n) is 7.17. The number of aromatic nitrogens is 2. The Kier molecular flexibility index (Phi) is 3.69. The van der Waals surface area contributed by atoms with Crippen LogP contribution in [0.4, 0.5) is 11.8 Å². The van der Waals surface area contributed by atoms with Gasteiger partial charge in [-0.3, -0.25) is 0 Å². The van der Waals surface area contributed by atoms with E-state index in [1.165, 1.54) is 25.9 Å². The molecule has 0 aliphatic carbocycles. The topological polar surface area (TPSA) is 67.1 Å². The van der Waals surface area contributed by atoms with Crippen molar-refractivity contribution in [2.75, 3.05) is 37.7 Å². The van der Waals surface area contributed by atoms with Crippen LogP contribution in [-0.2, 0) is 0 Å². The maximum absolute atomic E-state index is 5.78. The summed E-state index contributed by atoms with van der Waals surface area (Å²) in [4.78, 5) is 11.0. The molecule has 0 saturated carbocycles. The standard InChI is InChI=1S/C15H21N5/c1-20-8-6-11(7-9-20)10-17-14-12-4-2-3-5-13(12)18-15(16)19-14/h2-5,11H,6-10H2,1H3,(H3,16,17,18,19). The molecule has 0 bridgehead atoms. The van der Waals surface area contributed by atoms with E-state index in [-0.39, 0.29) is 0 Å². The minimum absolute atomic E-state index is 0.328. The average molecular weight is 271 g/mol. The van der Waals surface area contributed by atoms with Crippen LogP contribution in [0.3, 0.4) is 0 Å². The van der Waals surface area contributed by atoms with Gasteiger partial charge in [-0.05, 0) is 51.0 Å². The molecule has 20 heavy (non-hydrogen) atoms. The van der Waals surface area contributed by atoms with Crippen LogP contribution in [0.25, 0.3) is 10.9 Å². The van der Waals surface area contributed by atoms with Gasteiger partial charge in [-0.2, -0.15) is 4.98 Å². The van der Waals surface area contributed by atoms with Crippen molar-refractivity contribution in [3.8, 4) is 0 Å². The summed E-state index contributed by atoms with van der Waals surface area (Å²) in [6.07, 6.45) is 2.48. The highest BCUT2D eigenvalue weighted by Crippen LogP contribution is 2.22. The fourth-order valence-electron chi connectivity index (χ4n) is 2.74. The number of piperidine rings is 1. The lowest BCUT2D eigenvalue weighted by molar-refractivity contribution is 0.226. The Bertz CT molecular complexity index is 590. The fourth-order valence-corrected chi connectivity index (χ4v) is 2.74. The smallest absolute Gasteiger partial charge is 0.222 e. The molecule has 2 heterocycles. The number of fused-ring (bicyclic) bond motifs is 1. The molecule has 5 heteroatoms. The average Bonchev–Trinajstić information content (AvgIpc) is 2.46. The van der Waals surface area contributed by atoms with E-state index in [2.05, 4.69) is 27.2 Å². The second-order valence-electron chi connectivity index (χ2n) is 5.58. The van der Waals surface area contributed by atoms with E-state index in [0.29, 0.717) is 11.9 Å². The van der Waals surface area contributed by atoms with Gasteiger partial charge in [0, 0.05) is 11.9 Å². The predicted molar refractivity (Wildman–Crippen MR) is 82.7 cm³/mol. The molecule has 0 unspecified atom stereocenters. The third kappa shape index (κ3) is 2.82. The number of para-hydroxylation sites is 1. The first-order valence-corrected chi connectivity index (χ1v) is 7.17. The Morgan fingerprint density at radius 2 is 2.00 bits per heavy atom. The van der Waals surface area contributed by atoms with E-state index in [1.807, 2.05) is 24.3 Å². The quantitative estimate of drug-likeness (QED) is 0.893. The summed E-state index contributed by atoms with van der Waals surface area (Å²) in [5.74, 6) is 1.89. The van der Waals surface area contributed by atoms with Crippen molar-refractivity contribution < 1.29 is 0 Å². The number of nitrogens with two attached hydrogens (primary N) is 1. The molecular weight excluding hydrogens is 250 g/mol. The summed E-state index contributed by atoms with van der Waals surface area (Å²) in [7, 11) is 2.18. The first-order chi connectivity index (χ1) is 9.72. The number of anilines is 2. The van der Waals surface area contributed by atoms with Crippen LogP contribution in [0.15, 0.2) is 24.3 Å². The van der Waals surface area contributed by atoms with Crippen LogP contribution < -0.4 is 11.1 Å². The highest BCUT2D eigenvalue weighted by atomic mass is 15.1. The van der Waals surface area contributed by atoms with Crippen molar-refractivity contribution in [3.63, 3.8) is 0 Å². The number of hydrogen-bond acceptors (Lipinski definition) is 5. The highest BCUT2D eigenvalue weighted by molar-refractivity contribution is 5.89. The van der Waals surface area contributed by atoms with Crippen molar-refractivity contribution in [3.05, 3.63) is 24.3 Å². The van der Waals surface area contributed by atoms with E-state index >= 15 is 0 Å². The number of nitrogens with zero attached hydrogens (tertiary/aromatic N) is 3. The van der Waals surface area contributed by atoms with Crippen LogP contribution in [0, 0.1) is 5.92 Å². The third-order valence-electron chi connectivity index (χ3n) is 4.02. The summed E-state index contributed by atoms with van der Waals surface area (Å²) in [5, 5.41) is 4.50.